The lowest BCUT2D eigenvalue weighted by molar-refractivity contribution is -0.137. The Kier molecular flexibility index (Phi) is 4.48. The van der Waals surface area contributed by atoms with Crippen molar-refractivity contribution in [3.63, 3.8) is 0 Å². The number of hydrogen-bond donors (Lipinski definition) is 0. The van der Waals surface area contributed by atoms with Crippen LogP contribution in [0.2, 0.25) is 0 Å². The zero-order valence-corrected chi connectivity index (χ0v) is 12.1. The third-order valence-electron chi connectivity index (χ3n) is 4.21. The van der Waals surface area contributed by atoms with Gasteiger partial charge in [0.25, 0.3) is 0 Å². The number of likely N-dealkylation sites (tertiary alicyclic amines) is 1. The van der Waals surface area contributed by atoms with E-state index in [4.69, 9.17) is 4.74 Å². The van der Waals surface area contributed by atoms with Crippen LogP contribution in [-0.2, 0) is 4.79 Å². The largest absolute Gasteiger partial charge is 0.474 e. The van der Waals surface area contributed by atoms with E-state index in [2.05, 4.69) is 22.1 Å². The second-order valence-electron chi connectivity index (χ2n) is 5.67. The van der Waals surface area contributed by atoms with Gasteiger partial charge in [0.05, 0.1) is 0 Å². The van der Waals surface area contributed by atoms with Gasteiger partial charge in [-0.3, -0.25) is 4.79 Å². The first-order valence-corrected chi connectivity index (χ1v) is 7.69. The fourth-order valence-corrected chi connectivity index (χ4v) is 2.99. The molecule has 112 valence electrons. The van der Waals surface area contributed by atoms with E-state index in [1.54, 1.807) is 12.3 Å². The van der Waals surface area contributed by atoms with E-state index in [9.17, 15) is 4.79 Å². The molecule has 1 aliphatic heterocycles. The SMILES string of the molecule is O=C(C1CC=CCC1)N1CCC(Oc2ccncn2)CC1. The molecule has 1 aromatic heterocycles. The maximum absolute atomic E-state index is 12.4. The number of rotatable bonds is 3. The first-order valence-electron chi connectivity index (χ1n) is 7.69. The van der Waals surface area contributed by atoms with Crippen molar-refractivity contribution in [3.8, 4) is 5.88 Å². The number of allylic oxidation sites excluding steroid dienone is 2. The van der Waals surface area contributed by atoms with Crippen LogP contribution in [0.3, 0.4) is 0 Å². The summed E-state index contributed by atoms with van der Waals surface area (Å²) >= 11 is 0. The van der Waals surface area contributed by atoms with Crippen LogP contribution in [0.1, 0.15) is 32.1 Å². The molecule has 1 unspecified atom stereocenters. The number of carbonyl (C=O) groups is 1. The normalized spacial score (nSPS) is 23.0. The van der Waals surface area contributed by atoms with Gasteiger partial charge in [-0.2, -0.15) is 0 Å². The lowest BCUT2D eigenvalue weighted by Gasteiger charge is -2.34. The molecule has 3 rings (SSSR count). The summed E-state index contributed by atoms with van der Waals surface area (Å²) in [7, 11) is 0. The Hall–Kier alpha value is -1.91. The smallest absolute Gasteiger partial charge is 0.226 e. The molecule has 0 saturated carbocycles. The van der Waals surface area contributed by atoms with Crippen molar-refractivity contribution < 1.29 is 9.53 Å². The van der Waals surface area contributed by atoms with Crippen LogP contribution in [0.25, 0.3) is 0 Å². The van der Waals surface area contributed by atoms with Crippen LogP contribution in [0.15, 0.2) is 30.7 Å². The van der Waals surface area contributed by atoms with Crippen LogP contribution in [0, 0.1) is 5.92 Å². The first-order chi connectivity index (χ1) is 10.3. The number of carbonyl (C=O) groups excluding carboxylic acids is 1. The molecule has 1 saturated heterocycles. The molecule has 1 atom stereocenters. The molecule has 2 aliphatic rings. The third kappa shape index (κ3) is 3.60. The highest BCUT2D eigenvalue weighted by Crippen LogP contribution is 2.23. The van der Waals surface area contributed by atoms with Crippen LogP contribution in [0.5, 0.6) is 5.88 Å². The highest BCUT2D eigenvalue weighted by molar-refractivity contribution is 5.79. The predicted molar refractivity (Wildman–Crippen MR) is 78.7 cm³/mol. The zero-order valence-electron chi connectivity index (χ0n) is 12.1. The number of piperidine rings is 1. The number of ether oxygens (including phenoxy) is 1. The van der Waals surface area contributed by atoms with Crippen LogP contribution < -0.4 is 4.74 Å². The van der Waals surface area contributed by atoms with E-state index >= 15 is 0 Å². The average Bonchev–Trinajstić information content (AvgIpc) is 2.57. The Morgan fingerprint density at radius 3 is 2.76 bits per heavy atom. The summed E-state index contributed by atoms with van der Waals surface area (Å²) in [6.45, 7) is 1.57. The predicted octanol–water partition coefficient (Wildman–Crippen LogP) is 2.20. The Morgan fingerprint density at radius 2 is 2.10 bits per heavy atom. The van der Waals surface area contributed by atoms with Crippen molar-refractivity contribution in [1.82, 2.24) is 14.9 Å². The van der Waals surface area contributed by atoms with Crippen molar-refractivity contribution >= 4 is 5.91 Å². The number of nitrogens with zero attached hydrogens (tertiary/aromatic N) is 3. The maximum Gasteiger partial charge on any atom is 0.226 e. The summed E-state index contributed by atoms with van der Waals surface area (Å²) < 4.78 is 5.83. The Labute approximate surface area is 125 Å². The molecule has 0 bridgehead atoms. The van der Waals surface area contributed by atoms with Crippen LogP contribution in [-0.4, -0.2) is 40.0 Å². The molecule has 1 amide bonds. The second kappa shape index (κ2) is 6.70. The minimum absolute atomic E-state index is 0.148. The van der Waals surface area contributed by atoms with E-state index in [0.717, 1.165) is 45.2 Å². The van der Waals surface area contributed by atoms with Gasteiger partial charge in [-0.15, -0.1) is 0 Å². The molecule has 0 spiro atoms. The van der Waals surface area contributed by atoms with Gasteiger partial charge in [-0.25, -0.2) is 9.97 Å². The Morgan fingerprint density at radius 1 is 1.24 bits per heavy atom. The first kappa shape index (κ1) is 14.0. The Bertz CT molecular complexity index is 496. The zero-order chi connectivity index (χ0) is 14.5. The van der Waals surface area contributed by atoms with E-state index < -0.39 is 0 Å². The molecule has 1 aliphatic carbocycles. The van der Waals surface area contributed by atoms with Gasteiger partial charge >= 0.3 is 0 Å². The topological polar surface area (TPSA) is 55.3 Å². The molecule has 0 aromatic carbocycles. The lowest BCUT2D eigenvalue weighted by Crippen LogP contribution is -2.44. The average molecular weight is 287 g/mol. The minimum atomic E-state index is 0.148. The fourth-order valence-electron chi connectivity index (χ4n) is 2.99. The van der Waals surface area contributed by atoms with E-state index in [1.807, 2.05) is 4.90 Å². The minimum Gasteiger partial charge on any atom is -0.474 e. The molecular formula is C16H21N3O2. The Balaban J connectivity index is 1.48. The molecule has 5 heteroatoms. The van der Waals surface area contributed by atoms with Gasteiger partial charge in [-0.1, -0.05) is 12.2 Å². The van der Waals surface area contributed by atoms with Gasteiger partial charge in [-0.05, 0) is 19.3 Å². The van der Waals surface area contributed by atoms with Crippen molar-refractivity contribution in [1.29, 1.82) is 0 Å². The molecule has 1 aromatic rings. The number of amides is 1. The summed E-state index contributed by atoms with van der Waals surface area (Å²) in [5.74, 6) is 1.13. The number of aromatic nitrogens is 2. The molecule has 1 fully saturated rings. The van der Waals surface area contributed by atoms with E-state index in [0.29, 0.717) is 11.8 Å². The summed E-state index contributed by atoms with van der Waals surface area (Å²) in [5.41, 5.74) is 0. The van der Waals surface area contributed by atoms with Crippen molar-refractivity contribution in [2.45, 2.75) is 38.2 Å². The van der Waals surface area contributed by atoms with Crippen molar-refractivity contribution in [3.05, 3.63) is 30.7 Å². The maximum atomic E-state index is 12.4. The number of hydrogen-bond acceptors (Lipinski definition) is 4. The van der Waals surface area contributed by atoms with Crippen LogP contribution >= 0.6 is 0 Å². The lowest BCUT2D eigenvalue weighted by atomic mass is 9.92. The van der Waals surface area contributed by atoms with Gasteiger partial charge in [0.2, 0.25) is 11.8 Å². The highest BCUT2D eigenvalue weighted by Gasteiger charge is 2.28. The summed E-state index contributed by atoms with van der Waals surface area (Å²) in [4.78, 5) is 22.4. The molecule has 21 heavy (non-hydrogen) atoms. The quantitative estimate of drug-likeness (QED) is 0.800. The molecule has 5 nitrogen and oxygen atoms in total. The van der Waals surface area contributed by atoms with Gasteiger partial charge in [0.15, 0.2) is 0 Å². The molecule has 2 heterocycles. The highest BCUT2D eigenvalue weighted by atomic mass is 16.5. The second-order valence-corrected chi connectivity index (χ2v) is 5.67. The molecule has 0 radical (unpaired) electrons. The molecular weight excluding hydrogens is 266 g/mol. The van der Waals surface area contributed by atoms with Crippen LogP contribution in [0.4, 0.5) is 0 Å². The monoisotopic (exact) mass is 287 g/mol. The van der Waals surface area contributed by atoms with Crippen molar-refractivity contribution in [2.24, 2.45) is 5.92 Å². The van der Waals surface area contributed by atoms with Gasteiger partial charge < -0.3 is 9.64 Å². The summed E-state index contributed by atoms with van der Waals surface area (Å²) in [5, 5.41) is 0. The fraction of sp³-hybridized carbons (Fsp3) is 0.562. The van der Waals surface area contributed by atoms with Gasteiger partial charge in [0.1, 0.15) is 12.4 Å². The van der Waals surface area contributed by atoms with Gasteiger partial charge in [0, 0.05) is 44.1 Å². The summed E-state index contributed by atoms with van der Waals surface area (Å²) in [6, 6.07) is 1.77. The van der Waals surface area contributed by atoms with Crippen molar-refractivity contribution in [2.75, 3.05) is 13.1 Å². The van der Waals surface area contributed by atoms with E-state index in [1.165, 1.54) is 6.33 Å². The van der Waals surface area contributed by atoms with E-state index in [-0.39, 0.29) is 12.0 Å². The molecule has 0 N–H and O–H groups in total. The summed E-state index contributed by atoms with van der Waals surface area (Å²) in [6.07, 6.45) is 12.3. The standard InChI is InChI=1S/C16H21N3O2/c20-16(13-4-2-1-3-5-13)19-10-7-14(8-11-19)21-15-6-9-17-12-18-15/h1-2,6,9,12-14H,3-5,7-8,10-11H2. The third-order valence-corrected chi connectivity index (χ3v) is 4.21.